The van der Waals surface area contributed by atoms with Crippen LogP contribution in [0.4, 0.5) is 0 Å². The Morgan fingerprint density at radius 2 is 1.95 bits per heavy atom. The Morgan fingerprint density at radius 1 is 1.24 bits per heavy atom. The first-order valence-corrected chi connectivity index (χ1v) is 7.45. The van der Waals surface area contributed by atoms with Gasteiger partial charge >= 0.3 is 0 Å². The van der Waals surface area contributed by atoms with Crippen LogP contribution in [0.2, 0.25) is 0 Å². The minimum atomic E-state index is -0.265. The van der Waals surface area contributed by atoms with Crippen molar-refractivity contribution in [3.05, 3.63) is 48.3 Å². The summed E-state index contributed by atoms with van der Waals surface area (Å²) in [6, 6.07) is 12.1. The molecule has 2 N–H and O–H groups in total. The van der Waals surface area contributed by atoms with Crippen molar-refractivity contribution in [2.45, 2.75) is 39.8 Å². The molecule has 1 unspecified atom stereocenters. The summed E-state index contributed by atoms with van der Waals surface area (Å²) in [7, 11) is 0. The number of aliphatic hydroxyl groups is 1. The van der Waals surface area contributed by atoms with Crippen molar-refractivity contribution in [1.29, 1.82) is 0 Å². The molecule has 0 saturated carbocycles. The third-order valence-electron chi connectivity index (χ3n) is 3.42. The topological polar surface area (TPSA) is 50.1 Å². The molecule has 4 nitrogen and oxygen atoms in total. The van der Waals surface area contributed by atoms with Crippen LogP contribution in [0.1, 0.15) is 32.9 Å². The van der Waals surface area contributed by atoms with Gasteiger partial charge in [0.2, 0.25) is 0 Å². The van der Waals surface area contributed by atoms with Gasteiger partial charge in [0.25, 0.3) is 0 Å². The number of hydrogen-bond acceptors (Lipinski definition) is 3. The zero-order valence-electron chi connectivity index (χ0n) is 13.1. The van der Waals surface area contributed by atoms with Crippen LogP contribution < -0.4 is 5.32 Å². The highest BCUT2D eigenvalue weighted by Crippen LogP contribution is 2.21. The molecule has 0 spiro atoms. The zero-order chi connectivity index (χ0) is 15.3. The van der Waals surface area contributed by atoms with E-state index >= 15 is 0 Å². The Labute approximate surface area is 126 Å². The molecule has 0 bridgehead atoms. The molecule has 0 fully saturated rings. The second-order valence-electron chi connectivity index (χ2n) is 6.41. The molecule has 21 heavy (non-hydrogen) atoms. The molecule has 0 aliphatic carbocycles. The van der Waals surface area contributed by atoms with E-state index in [4.69, 9.17) is 0 Å². The second-order valence-corrected chi connectivity index (χ2v) is 6.41. The molecular formula is C17H25N3O. The van der Waals surface area contributed by atoms with Gasteiger partial charge < -0.3 is 10.4 Å². The van der Waals surface area contributed by atoms with E-state index in [1.165, 1.54) is 0 Å². The average Bonchev–Trinajstić information content (AvgIpc) is 2.87. The largest absolute Gasteiger partial charge is 0.393 e. The van der Waals surface area contributed by atoms with Gasteiger partial charge in [0.15, 0.2) is 0 Å². The third-order valence-corrected chi connectivity index (χ3v) is 3.42. The van der Waals surface area contributed by atoms with Crippen LogP contribution in [0, 0.1) is 5.41 Å². The van der Waals surface area contributed by atoms with Crippen LogP contribution in [0.5, 0.6) is 0 Å². The summed E-state index contributed by atoms with van der Waals surface area (Å²) >= 11 is 0. The van der Waals surface area contributed by atoms with E-state index in [0.29, 0.717) is 0 Å². The number of para-hydroxylation sites is 1. The Bertz CT molecular complexity index is 546. The summed E-state index contributed by atoms with van der Waals surface area (Å²) in [5, 5.41) is 17.5. The lowest BCUT2D eigenvalue weighted by Gasteiger charge is -2.26. The quantitative estimate of drug-likeness (QED) is 0.823. The van der Waals surface area contributed by atoms with Gasteiger partial charge in [0.05, 0.1) is 17.5 Å². The van der Waals surface area contributed by atoms with Gasteiger partial charge in [-0.05, 0) is 37.0 Å². The molecule has 2 rings (SSSR count). The zero-order valence-corrected chi connectivity index (χ0v) is 13.1. The smallest absolute Gasteiger partial charge is 0.0766 e. The maximum atomic E-state index is 9.49. The molecular weight excluding hydrogens is 262 g/mol. The summed E-state index contributed by atoms with van der Waals surface area (Å²) in [5.41, 5.74) is 2.17. The predicted octanol–water partition coefficient (Wildman–Crippen LogP) is 2.76. The van der Waals surface area contributed by atoms with Crippen molar-refractivity contribution in [2.24, 2.45) is 5.41 Å². The van der Waals surface area contributed by atoms with E-state index in [2.05, 4.69) is 24.3 Å². The highest BCUT2D eigenvalue weighted by molar-refractivity contribution is 5.30. The number of benzene rings is 1. The van der Waals surface area contributed by atoms with E-state index in [-0.39, 0.29) is 11.5 Å². The van der Waals surface area contributed by atoms with E-state index in [0.717, 1.165) is 30.9 Å². The van der Waals surface area contributed by atoms with Crippen molar-refractivity contribution in [3.8, 4) is 5.69 Å². The molecule has 2 aromatic rings. The molecule has 0 amide bonds. The fraction of sp³-hybridized carbons (Fsp3) is 0.471. The van der Waals surface area contributed by atoms with Gasteiger partial charge in [0, 0.05) is 19.3 Å². The van der Waals surface area contributed by atoms with Gasteiger partial charge in [-0.15, -0.1) is 0 Å². The second kappa shape index (κ2) is 6.87. The number of hydrogen-bond donors (Lipinski definition) is 2. The fourth-order valence-electron chi connectivity index (χ4n) is 2.58. The summed E-state index contributed by atoms with van der Waals surface area (Å²) in [5.74, 6) is 0. The highest BCUT2D eigenvalue weighted by Gasteiger charge is 2.19. The first kappa shape index (κ1) is 15.7. The predicted molar refractivity (Wildman–Crippen MR) is 85.3 cm³/mol. The van der Waals surface area contributed by atoms with Crippen molar-refractivity contribution < 1.29 is 5.11 Å². The molecule has 114 valence electrons. The summed E-state index contributed by atoms with van der Waals surface area (Å²) in [4.78, 5) is 0. The van der Waals surface area contributed by atoms with Crippen LogP contribution in [-0.2, 0) is 6.54 Å². The van der Waals surface area contributed by atoms with Gasteiger partial charge in [0.1, 0.15) is 0 Å². The van der Waals surface area contributed by atoms with Crippen LogP contribution in [0.3, 0.4) is 0 Å². The van der Waals surface area contributed by atoms with Gasteiger partial charge in [-0.1, -0.05) is 32.0 Å². The van der Waals surface area contributed by atoms with Crippen LogP contribution >= 0.6 is 0 Å². The maximum Gasteiger partial charge on any atom is 0.0766 e. The third kappa shape index (κ3) is 4.99. The Hall–Kier alpha value is -1.65. The summed E-state index contributed by atoms with van der Waals surface area (Å²) < 4.78 is 1.89. The monoisotopic (exact) mass is 287 g/mol. The van der Waals surface area contributed by atoms with Gasteiger partial charge in [-0.2, -0.15) is 5.10 Å². The minimum Gasteiger partial charge on any atom is -0.393 e. The fourth-order valence-corrected chi connectivity index (χ4v) is 2.58. The van der Waals surface area contributed by atoms with Crippen molar-refractivity contribution in [3.63, 3.8) is 0 Å². The highest BCUT2D eigenvalue weighted by atomic mass is 16.3. The van der Waals surface area contributed by atoms with Crippen LogP contribution in [0.25, 0.3) is 5.69 Å². The van der Waals surface area contributed by atoms with E-state index in [1.54, 1.807) is 0 Å². The van der Waals surface area contributed by atoms with Crippen molar-refractivity contribution in [1.82, 2.24) is 15.1 Å². The van der Waals surface area contributed by atoms with E-state index < -0.39 is 0 Å². The summed E-state index contributed by atoms with van der Waals surface area (Å²) in [6.07, 6.45) is 2.50. The Balaban J connectivity index is 1.86. The number of aromatic nitrogens is 2. The Morgan fingerprint density at radius 3 is 2.62 bits per heavy atom. The molecule has 1 aromatic heterocycles. The molecule has 1 heterocycles. The van der Waals surface area contributed by atoms with E-state index in [1.807, 2.05) is 54.2 Å². The van der Waals surface area contributed by atoms with Gasteiger partial charge in [-0.3, -0.25) is 0 Å². The van der Waals surface area contributed by atoms with Crippen LogP contribution in [0.15, 0.2) is 42.6 Å². The molecule has 0 aliphatic rings. The summed E-state index contributed by atoms with van der Waals surface area (Å²) in [6.45, 7) is 7.76. The normalized spacial score (nSPS) is 13.3. The molecule has 0 saturated heterocycles. The Kier molecular flexibility index (Phi) is 5.15. The number of aliphatic hydroxyl groups excluding tert-OH is 1. The van der Waals surface area contributed by atoms with Gasteiger partial charge in [-0.25, -0.2) is 4.68 Å². The lowest BCUT2D eigenvalue weighted by Crippen LogP contribution is -2.31. The minimum absolute atomic E-state index is 0.0795. The molecule has 1 atom stereocenters. The standard InChI is InChI=1S/C17H25N3O/c1-14(21)11-17(2,3)13-18-12-15-9-10-20(19-15)16-7-5-4-6-8-16/h4-10,14,18,21H,11-13H2,1-3H3. The van der Waals surface area contributed by atoms with Crippen molar-refractivity contribution >= 4 is 0 Å². The van der Waals surface area contributed by atoms with E-state index in [9.17, 15) is 5.11 Å². The average molecular weight is 287 g/mol. The molecule has 4 heteroatoms. The lowest BCUT2D eigenvalue weighted by atomic mass is 9.87. The molecule has 0 aliphatic heterocycles. The molecule has 1 aromatic carbocycles. The number of nitrogens with zero attached hydrogens (tertiary/aromatic N) is 2. The number of rotatable bonds is 7. The van der Waals surface area contributed by atoms with Crippen LogP contribution in [-0.4, -0.2) is 27.5 Å². The number of nitrogens with one attached hydrogen (secondary N) is 1. The molecule has 0 radical (unpaired) electrons. The van der Waals surface area contributed by atoms with Crippen molar-refractivity contribution in [2.75, 3.05) is 6.54 Å². The first-order chi connectivity index (χ1) is 9.96. The first-order valence-electron chi connectivity index (χ1n) is 7.45. The maximum absolute atomic E-state index is 9.49. The SMILES string of the molecule is CC(O)CC(C)(C)CNCc1ccn(-c2ccccc2)n1. The lowest BCUT2D eigenvalue weighted by molar-refractivity contribution is 0.128.